The van der Waals surface area contributed by atoms with Crippen LogP contribution in [0.3, 0.4) is 0 Å². The molecule has 6 heteroatoms. The first-order valence-electron chi connectivity index (χ1n) is 10.6. The highest BCUT2D eigenvalue weighted by Crippen LogP contribution is 2.34. The maximum atomic E-state index is 13.2. The number of hydrogen-bond donors (Lipinski definition) is 0. The lowest BCUT2D eigenvalue weighted by Gasteiger charge is -2.36. The van der Waals surface area contributed by atoms with E-state index in [0.717, 1.165) is 43.7 Å². The average molecular weight is 400 g/mol. The molecule has 0 N–H and O–H groups in total. The fourth-order valence-corrected chi connectivity index (χ4v) is 4.11. The number of ether oxygens (including phenoxy) is 1. The molecule has 0 unspecified atom stereocenters. The molecule has 0 aromatic heterocycles. The van der Waals surface area contributed by atoms with Crippen LogP contribution >= 0.6 is 0 Å². The number of nitrogens with zero attached hydrogens (tertiary/aromatic N) is 3. The van der Waals surface area contributed by atoms with Crippen molar-refractivity contribution in [1.82, 2.24) is 14.7 Å². The highest BCUT2D eigenvalue weighted by molar-refractivity contribution is 6.35. The molecule has 2 aliphatic rings. The van der Waals surface area contributed by atoms with E-state index in [1.807, 2.05) is 52.1 Å². The molecule has 0 aliphatic carbocycles. The molecular formula is C23H33N3O3. The van der Waals surface area contributed by atoms with Gasteiger partial charge in [0.2, 0.25) is 0 Å². The monoisotopic (exact) mass is 399 g/mol. The van der Waals surface area contributed by atoms with Crippen molar-refractivity contribution >= 4 is 17.4 Å². The van der Waals surface area contributed by atoms with Crippen molar-refractivity contribution < 1.29 is 14.3 Å². The van der Waals surface area contributed by atoms with Gasteiger partial charge in [-0.15, -0.1) is 0 Å². The van der Waals surface area contributed by atoms with Gasteiger partial charge in [0.15, 0.2) is 0 Å². The Morgan fingerprint density at radius 3 is 2.28 bits per heavy atom. The third-order valence-electron chi connectivity index (χ3n) is 5.69. The summed E-state index contributed by atoms with van der Waals surface area (Å²) in [6.45, 7) is 8.39. The van der Waals surface area contributed by atoms with E-state index in [-0.39, 0.29) is 24.0 Å². The van der Waals surface area contributed by atoms with Crippen LogP contribution in [0.1, 0.15) is 45.6 Å². The molecular weight excluding hydrogens is 366 g/mol. The van der Waals surface area contributed by atoms with Crippen LogP contribution in [-0.2, 0) is 9.59 Å². The minimum absolute atomic E-state index is 0.0842. The maximum absolute atomic E-state index is 13.2. The molecule has 1 aromatic carbocycles. The van der Waals surface area contributed by atoms with Crippen LogP contribution in [0.5, 0.6) is 5.75 Å². The first-order valence-corrected chi connectivity index (χ1v) is 10.6. The highest BCUT2D eigenvalue weighted by atomic mass is 16.5. The van der Waals surface area contributed by atoms with Gasteiger partial charge in [0.1, 0.15) is 11.4 Å². The quantitative estimate of drug-likeness (QED) is 0.660. The fraction of sp³-hybridized carbons (Fsp3) is 0.565. The minimum Gasteiger partial charge on any atom is -0.491 e. The van der Waals surface area contributed by atoms with Crippen LogP contribution < -0.4 is 4.74 Å². The lowest BCUT2D eigenvalue weighted by Crippen LogP contribution is -2.43. The molecule has 6 nitrogen and oxygen atoms in total. The standard InChI is InChI=1S/C23H33N3O3/c1-6-13-26-22(27)20(17-7-9-19(10-8-17)29-16(2)3)21(23(26)28)25(5)18-11-14-24(4)15-12-18/h7-10,16,18H,6,11-15H2,1-5H3. The molecule has 2 amide bonds. The van der Waals surface area contributed by atoms with E-state index in [1.165, 1.54) is 4.90 Å². The van der Waals surface area contributed by atoms with Crippen molar-refractivity contribution in [3.05, 3.63) is 35.5 Å². The molecule has 0 spiro atoms. The van der Waals surface area contributed by atoms with Crippen molar-refractivity contribution in [3.8, 4) is 5.75 Å². The van der Waals surface area contributed by atoms with E-state index in [0.29, 0.717) is 17.8 Å². The van der Waals surface area contributed by atoms with Crippen LogP contribution in [0.25, 0.3) is 5.57 Å². The summed E-state index contributed by atoms with van der Waals surface area (Å²) in [5.74, 6) is 0.400. The summed E-state index contributed by atoms with van der Waals surface area (Å²) < 4.78 is 5.73. The molecule has 1 fully saturated rings. The Kier molecular flexibility index (Phi) is 6.63. The molecule has 0 radical (unpaired) electrons. The number of likely N-dealkylation sites (tertiary alicyclic amines) is 1. The molecule has 158 valence electrons. The fourth-order valence-electron chi connectivity index (χ4n) is 4.11. The summed E-state index contributed by atoms with van der Waals surface area (Å²) in [5.41, 5.74) is 1.82. The summed E-state index contributed by atoms with van der Waals surface area (Å²) in [7, 11) is 4.08. The van der Waals surface area contributed by atoms with Crippen LogP contribution in [0.15, 0.2) is 30.0 Å². The van der Waals surface area contributed by atoms with Gasteiger partial charge in [-0.1, -0.05) is 19.1 Å². The van der Waals surface area contributed by atoms with Crippen molar-refractivity contribution in [2.24, 2.45) is 0 Å². The Hall–Kier alpha value is -2.34. The zero-order valence-corrected chi connectivity index (χ0v) is 18.3. The predicted molar refractivity (Wildman–Crippen MR) is 114 cm³/mol. The Labute approximate surface area is 174 Å². The topological polar surface area (TPSA) is 53.1 Å². The van der Waals surface area contributed by atoms with Gasteiger partial charge in [-0.05, 0) is 70.9 Å². The van der Waals surface area contributed by atoms with Crippen molar-refractivity contribution in [3.63, 3.8) is 0 Å². The zero-order valence-electron chi connectivity index (χ0n) is 18.3. The van der Waals surface area contributed by atoms with Crippen molar-refractivity contribution in [1.29, 1.82) is 0 Å². The van der Waals surface area contributed by atoms with E-state index in [1.54, 1.807) is 0 Å². The largest absolute Gasteiger partial charge is 0.491 e. The SMILES string of the molecule is CCCN1C(=O)C(c2ccc(OC(C)C)cc2)=C(N(C)C2CCN(C)CC2)C1=O. The molecule has 0 bridgehead atoms. The van der Waals surface area contributed by atoms with Gasteiger partial charge in [-0.3, -0.25) is 14.5 Å². The van der Waals surface area contributed by atoms with Gasteiger partial charge in [0.05, 0.1) is 11.7 Å². The molecule has 2 heterocycles. The maximum Gasteiger partial charge on any atom is 0.277 e. The van der Waals surface area contributed by atoms with Gasteiger partial charge in [-0.2, -0.15) is 0 Å². The summed E-state index contributed by atoms with van der Waals surface area (Å²) in [6.07, 6.45) is 2.80. The van der Waals surface area contributed by atoms with E-state index in [4.69, 9.17) is 4.74 Å². The van der Waals surface area contributed by atoms with E-state index < -0.39 is 0 Å². The van der Waals surface area contributed by atoms with Crippen LogP contribution in [-0.4, -0.2) is 72.4 Å². The average Bonchev–Trinajstić information content (AvgIpc) is 2.93. The van der Waals surface area contributed by atoms with E-state index >= 15 is 0 Å². The first kappa shape index (κ1) is 21.4. The van der Waals surface area contributed by atoms with Gasteiger partial charge >= 0.3 is 0 Å². The van der Waals surface area contributed by atoms with Crippen molar-refractivity contribution in [2.45, 2.75) is 52.2 Å². The number of carbonyl (C=O) groups excluding carboxylic acids is 2. The molecule has 3 rings (SSSR count). The molecule has 1 aromatic rings. The Bertz CT molecular complexity index is 777. The molecule has 2 aliphatic heterocycles. The second-order valence-corrected chi connectivity index (χ2v) is 8.32. The predicted octanol–water partition coefficient (Wildman–Crippen LogP) is 2.99. The summed E-state index contributed by atoms with van der Waals surface area (Å²) in [5, 5.41) is 0. The zero-order chi connectivity index (χ0) is 21.1. The third kappa shape index (κ3) is 4.47. The van der Waals surface area contributed by atoms with E-state index in [2.05, 4.69) is 16.8 Å². The number of carbonyl (C=O) groups is 2. The Balaban J connectivity index is 1.97. The minimum atomic E-state index is -0.191. The number of rotatable bonds is 7. The van der Waals surface area contributed by atoms with Gasteiger partial charge in [0.25, 0.3) is 11.8 Å². The molecule has 1 saturated heterocycles. The number of imide groups is 1. The Morgan fingerprint density at radius 1 is 1.10 bits per heavy atom. The first-order chi connectivity index (χ1) is 13.8. The van der Waals surface area contributed by atoms with Gasteiger partial charge < -0.3 is 14.5 Å². The van der Waals surface area contributed by atoms with Gasteiger partial charge in [-0.25, -0.2) is 0 Å². The summed E-state index contributed by atoms with van der Waals surface area (Å²) in [4.78, 5) is 32.2. The lowest BCUT2D eigenvalue weighted by atomic mass is 10.00. The number of hydrogen-bond acceptors (Lipinski definition) is 5. The van der Waals surface area contributed by atoms with Gasteiger partial charge in [0, 0.05) is 19.6 Å². The lowest BCUT2D eigenvalue weighted by molar-refractivity contribution is -0.137. The van der Waals surface area contributed by atoms with Crippen LogP contribution in [0.4, 0.5) is 0 Å². The van der Waals surface area contributed by atoms with E-state index in [9.17, 15) is 9.59 Å². The summed E-state index contributed by atoms with van der Waals surface area (Å²) >= 11 is 0. The normalized spacial score (nSPS) is 18.9. The molecule has 29 heavy (non-hydrogen) atoms. The smallest absolute Gasteiger partial charge is 0.277 e. The Morgan fingerprint density at radius 2 is 1.72 bits per heavy atom. The highest BCUT2D eigenvalue weighted by Gasteiger charge is 2.41. The second kappa shape index (κ2) is 8.99. The van der Waals surface area contributed by atoms with Crippen LogP contribution in [0, 0.1) is 0 Å². The summed E-state index contributed by atoms with van der Waals surface area (Å²) in [6, 6.07) is 7.77. The van der Waals surface area contributed by atoms with Crippen LogP contribution in [0.2, 0.25) is 0 Å². The molecule has 0 atom stereocenters. The number of amides is 2. The van der Waals surface area contributed by atoms with Crippen molar-refractivity contribution in [2.75, 3.05) is 33.7 Å². The third-order valence-corrected chi connectivity index (χ3v) is 5.69. The second-order valence-electron chi connectivity index (χ2n) is 8.32. The number of piperidine rings is 1. The number of benzene rings is 1. The number of likely N-dealkylation sites (N-methyl/N-ethyl adjacent to an activating group) is 1. The molecule has 0 saturated carbocycles.